The molecule has 6 nitrogen and oxygen atoms in total. The molecule has 1 aromatic rings. The second-order valence-electron chi connectivity index (χ2n) is 5.47. The van der Waals surface area contributed by atoms with Crippen LogP contribution in [0.5, 0.6) is 5.75 Å². The summed E-state index contributed by atoms with van der Waals surface area (Å²) in [6.45, 7) is 4.08. The van der Waals surface area contributed by atoms with Gasteiger partial charge in [-0.1, -0.05) is 6.07 Å². The first-order valence-corrected chi connectivity index (χ1v) is 8.12. The number of carbonyl (C=O) groups is 1. The van der Waals surface area contributed by atoms with E-state index in [1.54, 1.807) is 19.2 Å². The predicted octanol–water partition coefficient (Wildman–Crippen LogP) is 1.63. The van der Waals surface area contributed by atoms with E-state index < -0.39 is 0 Å². The predicted molar refractivity (Wildman–Crippen MR) is 95.2 cm³/mol. The van der Waals surface area contributed by atoms with Gasteiger partial charge in [0.25, 0.3) is 5.91 Å². The van der Waals surface area contributed by atoms with Crippen molar-refractivity contribution in [2.45, 2.75) is 18.9 Å². The average molecular weight is 359 g/mol. The Labute approximate surface area is 149 Å². The van der Waals surface area contributed by atoms with Crippen molar-refractivity contribution in [1.29, 1.82) is 0 Å². The molecule has 136 valence electrons. The molecule has 2 rings (SSSR count). The molecule has 1 unspecified atom stereocenters. The summed E-state index contributed by atoms with van der Waals surface area (Å²) in [6.07, 6.45) is 2.30. The van der Waals surface area contributed by atoms with Gasteiger partial charge >= 0.3 is 0 Å². The lowest BCUT2D eigenvalue weighted by molar-refractivity contribution is 0.0679. The largest absolute Gasteiger partial charge is 0.491 e. The van der Waals surface area contributed by atoms with Crippen LogP contribution >= 0.6 is 12.4 Å². The van der Waals surface area contributed by atoms with Gasteiger partial charge in [0.1, 0.15) is 12.4 Å². The molecule has 0 spiro atoms. The van der Waals surface area contributed by atoms with Gasteiger partial charge in [-0.25, -0.2) is 0 Å². The maximum atomic E-state index is 12.1. The third kappa shape index (κ3) is 7.49. The van der Waals surface area contributed by atoms with E-state index in [1.165, 1.54) is 0 Å². The molecule has 0 bridgehead atoms. The number of benzene rings is 1. The van der Waals surface area contributed by atoms with Crippen LogP contribution < -0.4 is 15.4 Å². The second-order valence-corrected chi connectivity index (χ2v) is 5.47. The van der Waals surface area contributed by atoms with E-state index in [0.29, 0.717) is 37.6 Å². The average Bonchev–Trinajstić information content (AvgIpc) is 3.10. The molecule has 0 saturated carbocycles. The van der Waals surface area contributed by atoms with Crippen LogP contribution in [0.15, 0.2) is 24.3 Å². The minimum absolute atomic E-state index is 0. The van der Waals surface area contributed by atoms with Gasteiger partial charge in [-0.05, 0) is 31.0 Å². The van der Waals surface area contributed by atoms with Crippen LogP contribution in [0.3, 0.4) is 0 Å². The fourth-order valence-corrected chi connectivity index (χ4v) is 2.36. The van der Waals surface area contributed by atoms with Crippen LogP contribution in [0.4, 0.5) is 0 Å². The highest BCUT2D eigenvalue weighted by Gasteiger charge is 2.16. The number of ether oxygens (including phenoxy) is 3. The highest BCUT2D eigenvalue weighted by Crippen LogP contribution is 2.17. The molecule has 0 radical (unpaired) electrons. The fourth-order valence-electron chi connectivity index (χ4n) is 2.36. The molecule has 24 heavy (non-hydrogen) atoms. The zero-order chi connectivity index (χ0) is 16.3. The van der Waals surface area contributed by atoms with Crippen molar-refractivity contribution >= 4 is 18.3 Å². The van der Waals surface area contributed by atoms with Crippen molar-refractivity contribution in [2.24, 2.45) is 0 Å². The van der Waals surface area contributed by atoms with Crippen LogP contribution in [0.1, 0.15) is 23.2 Å². The second kappa shape index (κ2) is 12.1. The van der Waals surface area contributed by atoms with Gasteiger partial charge in [0.2, 0.25) is 0 Å². The van der Waals surface area contributed by atoms with Gasteiger partial charge in [-0.2, -0.15) is 0 Å². The lowest BCUT2D eigenvalue weighted by atomic mass is 10.2. The van der Waals surface area contributed by atoms with E-state index in [0.717, 1.165) is 26.0 Å². The van der Waals surface area contributed by atoms with Crippen LogP contribution in [0.25, 0.3) is 0 Å². The molecule has 1 amide bonds. The van der Waals surface area contributed by atoms with Gasteiger partial charge in [-0.3, -0.25) is 4.79 Å². The van der Waals surface area contributed by atoms with Crippen molar-refractivity contribution < 1.29 is 19.0 Å². The Bertz CT molecular complexity index is 481. The Morgan fingerprint density at radius 3 is 2.96 bits per heavy atom. The summed E-state index contributed by atoms with van der Waals surface area (Å²) in [6, 6.07) is 7.24. The van der Waals surface area contributed by atoms with E-state index in [-0.39, 0.29) is 24.4 Å². The number of rotatable bonds is 10. The standard InChI is InChI=1S/C17H26N2O4.ClH/c1-21-11-9-18-7-8-19-17(20)14-4-2-5-15(12-14)23-13-16-6-3-10-22-16;/h2,4-5,12,16,18H,3,6-11,13H2,1H3,(H,19,20);1H. The zero-order valence-corrected chi connectivity index (χ0v) is 14.9. The molecule has 1 saturated heterocycles. The third-order valence-electron chi connectivity index (χ3n) is 3.63. The normalized spacial score (nSPS) is 16.5. The van der Waals surface area contributed by atoms with Crippen molar-refractivity contribution in [3.05, 3.63) is 29.8 Å². The number of carbonyl (C=O) groups excluding carboxylic acids is 1. The van der Waals surface area contributed by atoms with Crippen molar-refractivity contribution in [3.8, 4) is 5.75 Å². The summed E-state index contributed by atoms with van der Waals surface area (Å²) in [5.41, 5.74) is 0.603. The van der Waals surface area contributed by atoms with Crippen LogP contribution in [0, 0.1) is 0 Å². The first-order chi connectivity index (χ1) is 11.3. The number of methoxy groups -OCH3 is 1. The molecule has 1 heterocycles. The SMILES string of the molecule is COCCNCCNC(=O)c1cccc(OCC2CCCO2)c1.Cl. The highest BCUT2D eigenvalue weighted by atomic mass is 35.5. The van der Waals surface area contributed by atoms with Crippen LogP contribution in [-0.2, 0) is 9.47 Å². The van der Waals surface area contributed by atoms with Gasteiger partial charge < -0.3 is 24.8 Å². The smallest absolute Gasteiger partial charge is 0.251 e. The van der Waals surface area contributed by atoms with Gasteiger partial charge in [0.15, 0.2) is 0 Å². The Balaban J connectivity index is 0.00000288. The summed E-state index contributed by atoms with van der Waals surface area (Å²) in [4.78, 5) is 12.1. The van der Waals surface area contributed by atoms with Crippen LogP contribution in [-0.4, -0.2) is 58.6 Å². The molecular formula is C17H27ClN2O4. The third-order valence-corrected chi connectivity index (χ3v) is 3.63. The number of hydrogen-bond acceptors (Lipinski definition) is 5. The van der Waals surface area contributed by atoms with Crippen molar-refractivity contribution in [3.63, 3.8) is 0 Å². The lowest BCUT2D eigenvalue weighted by Gasteiger charge is -2.12. The number of hydrogen-bond donors (Lipinski definition) is 2. The van der Waals surface area contributed by atoms with E-state index in [2.05, 4.69) is 10.6 Å². The molecule has 2 N–H and O–H groups in total. The van der Waals surface area contributed by atoms with Gasteiger partial charge in [-0.15, -0.1) is 12.4 Å². The minimum Gasteiger partial charge on any atom is -0.491 e. The zero-order valence-electron chi connectivity index (χ0n) is 14.1. The Morgan fingerprint density at radius 1 is 1.33 bits per heavy atom. The first-order valence-electron chi connectivity index (χ1n) is 8.12. The van der Waals surface area contributed by atoms with Crippen molar-refractivity contribution in [2.75, 3.05) is 46.6 Å². The van der Waals surface area contributed by atoms with Gasteiger partial charge in [0, 0.05) is 38.9 Å². The van der Waals surface area contributed by atoms with Gasteiger partial charge in [0.05, 0.1) is 12.7 Å². The number of amides is 1. The van der Waals surface area contributed by atoms with E-state index in [4.69, 9.17) is 14.2 Å². The Morgan fingerprint density at radius 2 is 2.21 bits per heavy atom. The number of halogens is 1. The maximum absolute atomic E-state index is 12.1. The molecule has 0 aromatic heterocycles. The molecular weight excluding hydrogens is 332 g/mol. The van der Waals surface area contributed by atoms with E-state index in [9.17, 15) is 4.79 Å². The molecule has 1 aromatic carbocycles. The Kier molecular flexibility index (Phi) is 10.4. The summed E-state index contributed by atoms with van der Waals surface area (Å²) in [5, 5.41) is 6.06. The summed E-state index contributed by atoms with van der Waals surface area (Å²) < 4.78 is 16.2. The van der Waals surface area contributed by atoms with Crippen LogP contribution in [0.2, 0.25) is 0 Å². The summed E-state index contributed by atoms with van der Waals surface area (Å²) >= 11 is 0. The topological polar surface area (TPSA) is 68.8 Å². The number of nitrogens with one attached hydrogen (secondary N) is 2. The summed E-state index contributed by atoms with van der Waals surface area (Å²) in [5.74, 6) is 0.604. The highest BCUT2D eigenvalue weighted by molar-refractivity contribution is 5.94. The molecule has 0 aliphatic carbocycles. The summed E-state index contributed by atoms with van der Waals surface area (Å²) in [7, 11) is 1.66. The monoisotopic (exact) mass is 358 g/mol. The van der Waals surface area contributed by atoms with Crippen molar-refractivity contribution in [1.82, 2.24) is 10.6 Å². The molecule has 1 aliphatic rings. The molecule has 1 atom stereocenters. The minimum atomic E-state index is -0.0962. The fraction of sp³-hybridized carbons (Fsp3) is 0.588. The molecule has 1 fully saturated rings. The Hall–Kier alpha value is -1.34. The molecule has 7 heteroatoms. The van der Waals surface area contributed by atoms with E-state index in [1.807, 2.05) is 12.1 Å². The lowest BCUT2D eigenvalue weighted by Crippen LogP contribution is -2.33. The quantitative estimate of drug-likeness (QED) is 0.622. The molecule has 1 aliphatic heterocycles. The van der Waals surface area contributed by atoms with E-state index >= 15 is 0 Å². The first kappa shape index (κ1) is 20.7. The maximum Gasteiger partial charge on any atom is 0.251 e.